The van der Waals surface area contributed by atoms with E-state index >= 15 is 0 Å². The summed E-state index contributed by atoms with van der Waals surface area (Å²) in [5, 5.41) is 52.5. The van der Waals surface area contributed by atoms with E-state index in [4.69, 9.17) is 16.9 Å². The van der Waals surface area contributed by atoms with Gasteiger partial charge in [-0.15, -0.1) is 0 Å². The Morgan fingerprint density at radius 3 is 1.63 bits per heavy atom. The van der Waals surface area contributed by atoms with Crippen molar-refractivity contribution >= 4 is 51.3 Å². The summed E-state index contributed by atoms with van der Waals surface area (Å²) in [5.41, 5.74) is -2.91. The molecule has 0 aliphatic heterocycles. The van der Waals surface area contributed by atoms with Crippen LogP contribution in [-0.4, -0.2) is 35.8 Å². The van der Waals surface area contributed by atoms with E-state index in [2.05, 4.69) is 10.3 Å². The van der Waals surface area contributed by atoms with E-state index in [0.29, 0.717) is 5.56 Å². The molecule has 38 heavy (non-hydrogen) atoms. The highest BCUT2D eigenvalue weighted by Gasteiger charge is 2.26. The second-order valence-corrected chi connectivity index (χ2v) is 7.05. The molecule has 1 aromatic heterocycles. The first kappa shape index (κ1) is 28.3. The number of halogens is 1. The summed E-state index contributed by atoms with van der Waals surface area (Å²) in [5.74, 6) is -0.588. The van der Waals surface area contributed by atoms with Crippen LogP contribution in [0.2, 0.25) is 0 Å². The number of amides is 1. The zero-order valence-corrected chi connectivity index (χ0v) is 19.1. The number of rotatable bonds is 7. The smallest absolute Gasteiger partial charge is 0.307 e. The SMILES string of the molecule is N#Cc1ccc(NC(=O)c2ccc([N+](=O)[O-])c([N+](=O)[O-])c2)nc1.O=C(Cl)c1ccc([N+](=O)[O-])c([N+](=O)[O-])c1. The Labute approximate surface area is 214 Å². The van der Waals surface area contributed by atoms with Gasteiger partial charge < -0.3 is 5.32 Å². The Kier molecular flexibility index (Phi) is 9.09. The molecule has 0 aliphatic rings. The molecule has 17 nitrogen and oxygen atoms in total. The highest BCUT2D eigenvalue weighted by Crippen LogP contribution is 2.28. The Bertz CT molecular complexity index is 1520. The van der Waals surface area contributed by atoms with Gasteiger partial charge in [-0.2, -0.15) is 5.26 Å². The highest BCUT2D eigenvalue weighted by molar-refractivity contribution is 6.67. The monoisotopic (exact) mass is 543 g/mol. The fraction of sp³-hybridized carbons (Fsp3) is 0. The molecule has 0 spiro atoms. The number of aromatic nitrogens is 1. The van der Waals surface area contributed by atoms with Crippen molar-refractivity contribution in [1.29, 1.82) is 5.26 Å². The van der Waals surface area contributed by atoms with E-state index in [0.717, 1.165) is 36.4 Å². The number of anilines is 1. The molecule has 18 heteroatoms. The average Bonchev–Trinajstić information content (AvgIpc) is 2.88. The molecule has 192 valence electrons. The van der Waals surface area contributed by atoms with Crippen LogP contribution in [0, 0.1) is 51.8 Å². The maximum absolute atomic E-state index is 12.0. The lowest BCUT2D eigenvalue weighted by atomic mass is 10.1. The number of nitrogens with zero attached hydrogens (tertiary/aromatic N) is 6. The van der Waals surface area contributed by atoms with E-state index in [1.807, 2.05) is 6.07 Å². The molecule has 1 amide bonds. The van der Waals surface area contributed by atoms with Gasteiger partial charge in [0.05, 0.1) is 25.3 Å². The van der Waals surface area contributed by atoms with Gasteiger partial charge in [0.25, 0.3) is 11.1 Å². The molecular weight excluding hydrogens is 534 g/mol. The Morgan fingerprint density at radius 2 is 1.24 bits per heavy atom. The van der Waals surface area contributed by atoms with Crippen LogP contribution in [0.15, 0.2) is 54.7 Å². The summed E-state index contributed by atoms with van der Waals surface area (Å²) in [6.07, 6.45) is 1.24. The molecule has 0 unspecified atom stereocenters. The summed E-state index contributed by atoms with van der Waals surface area (Å²) in [6, 6.07) is 10.2. The number of pyridine rings is 1. The molecule has 3 rings (SSSR count). The lowest BCUT2D eigenvalue weighted by Crippen LogP contribution is -2.13. The number of nitriles is 1. The van der Waals surface area contributed by atoms with Crippen LogP contribution < -0.4 is 5.32 Å². The van der Waals surface area contributed by atoms with Gasteiger partial charge in [-0.1, -0.05) is 0 Å². The molecule has 0 saturated heterocycles. The molecule has 1 N–H and O–H groups in total. The van der Waals surface area contributed by atoms with Crippen molar-refractivity contribution in [3.05, 3.63) is 112 Å². The maximum atomic E-state index is 12.0. The van der Waals surface area contributed by atoms with Crippen molar-refractivity contribution < 1.29 is 29.3 Å². The molecule has 0 aliphatic carbocycles. The van der Waals surface area contributed by atoms with E-state index in [9.17, 15) is 50.0 Å². The lowest BCUT2D eigenvalue weighted by molar-refractivity contribution is -0.422. The van der Waals surface area contributed by atoms with E-state index in [1.165, 1.54) is 18.3 Å². The Hall–Kier alpha value is -5.89. The Balaban J connectivity index is 0.000000293. The fourth-order valence-electron chi connectivity index (χ4n) is 2.63. The number of nitro groups is 4. The molecule has 1 heterocycles. The van der Waals surface area contributed by atoms with Crippen LogP contribution in [0.4, 0.5) is 28.6 Å². The minimum Gasteiger partial charge on any atom is -0.307 e. The number of nitro benzene ring substituents is 4. The predicted molar refractivity (Wildman–Crippen MR) is 127 cm³/mol. The van der Waals surface area contributed by atoms with E-state index < -0.39 is 53.6 Å². The zero-order valence-electron chi connectivity index (χ0n) is 18.3. The summed E-state index contributed by atoms with van der Waals surface area (Å²) in [4.78, 5) is 65.2. The molecule has 0 fully saturated rings. The van der Waals surface area contributed by atoms with Gasteiger partial charge in [-0.05, 0) is 35.9 Å². The molecule has 0 atom stereocenters. The van der Waals surface area contributed by atoms with Crippen LogP contribution in [-0.2, 0) is 0 Å². The van der Waals surface area contributed by atoms with Gasteiger partial charge >= 0.3 is 22.7 Å². The summed E-state index contributed by atoms with van der Waals surface area (Å²) in [6.45, 7) is 0. The molecule has 0 bridgehead atoms. The number of nitrogens with one attached hydrogen (secondary N) is 1. The second-order valence-electron chi connectivity index (χ2n) is 6.71. The molecule has 0 radical (unpaired) electrons. The minimum atomic E-state index is -0.943. The normalized spacial score (nSPS) is 9.68. The zero-order chi connectivity index (χ0) is 28.6. The summed E-state index contributed by atoms with van der Waals surface area (Å²) >= 11 is 5.08. The summed E-state index contributed by atoms with van der Waals surface area (Å²) in [7, 11) is 0. The first-order valence-corrected chi connectivity index (χ1v) is 9.96. The van der Waals surface area contributed by atoms with E-state index in [-0.39, 0.29) is 16.9 Å². The van der Waals surface area contributed by atoms with Crippen LogP contribution in [0.3, 0.4) is 0 Å². The van der Waals surface area contributed by atoms with Crippen molar-refractivity contribution in [2.75, 3.05) is 5.32 Å². The number of hydrogen-bond donors (Lipinski definition) is 1. The summed E-state index contributed by atoms with van der Waals surface area (Å²) < 4.78 is 0. The first-order chi connectivity index (χ1) is 17.8. The minimum absolute atomic E-state index is 0.131. The van der Waals surface area contributed by atoms with Crippen molar-refractivity contribution in [3.63, 3.8) is 0 Å². The van der Waals surface area contributed by atoms with Crippen molar-refractivity contribution in [3.8, 4) is 6.07 Å². The fourth-order valence-corrected chi connectivity index (χ4v) is 2.75. The van der Waals surface area contributed by atoms with Crippen LogP contribution in [0.5, 0.6) is 0 Å². The predicted octanol–water partition coefficient (Wildman–Crippen LogP) is 3.90. The third-order valence-electron chi connectivity index (χ3n) is 4.36. The standard InChI is InChI=1S/C13H7N5O5.C7H3ClN2O5/c14-6-8-1-4-12(15-7-8)16-13(19)9-2-3-10(17(20)21)11(5-9)18(22)23;8-7(11)4-1-2-5(9(12)13)6(3-4)10(14)15/h1-5,7H,(H,15,16,19);1-3H. The van der Waals surface area contributed by atoms with Crippen molar-refractivity contribution in [2.24, 2.45) is 0 Å². The first-order valence-electron chi connectivity index (χ1n) is 9.58. The van der Waals surface area contributed by atoms with Gasteiger partial charge in [0, 0.05) is 41.6 Å². The molecule has 0 saturated carbocycles. The largest absolute Gasteiger partial charge is 0.346 e. The van der Waals surface area contributed by atoms with Crippen LogP contribution >= 0.6 is 11.6 Å². The molecule has 2 aromatic carbocycles. The number of carbonyl (C=O) groups excluding carboxylic acids is 2. The topological polar surface area (TPSA) is 255 Å². The third-order valence-corrected chi connectivity index (χ3v) is 4.58. The number of hydrogen-bond acceptors (Lipinski definition) is 12. The van der Waals surface area contributed by atoms with Gasteiger partial charge in [0.15, 0.2) is 0 Å². The van der Waals surface area contributed by atoms with Crippen LogP contribution in [0.25, 0.3) is 0 Å². The number of carbonyl (C=O) groups is 2. The lowest BCUT2D eigenvalue weighted by Gasteiger charge is -2.04. The molecule has 3 aromatic rings. The van der Waals surface area contributed by atoms with Gasteiger partial charge in [0.1, 0.15) is 11.9 Å². The molecular formula is C20H10ClN7O10. The van der Waals surface area contributed by atoms with Gasteiger partial charge in [-0.25, -0.2) is 4.98 Å². The third kappa shape index (κ3) is 7.06. The van der Waals surface area contributed by atoms with Gasteiger partial charge in [0.2, 0.25) is 0 Å². The van der Waals surface area contributed by atoms with Crippen LogP contribution in [0.1, 0.15) is 26.3 Å². The van der Waals surface area contributed by atoms with Crippen molar-refractivity contribution in [2.45, 2.75) is 0 Å². The quantitative estimate of drug-likeness (QED) is 0.252. The second kappa shape index (κ2) is 12.2. The maximum Gasteiger partial charge on any atom is 0.346 e. The Morgan fingerprint density at radius 1 is 0.763 bits per heavy atom. The highest BCUT2D eigenvalue weighted by atomic mass is 35.5. The van der Waals surface area contributed by atoms with E-state index in [1.54, 1.807) is 0 Å². The van der Waals surface area contributed by atoms with Gasteiger partial charge in [-0.3, -0.25) is 50.0 Å². The number of benzene rings is 2. The average molecular weight is 544 g/mol. The van der Waals surface area contributed by atoms with Crippen molar-refractivity contribution in [1.82, 2.24) is 4.98 Å².